The molecule has 1 atom stereocenters. The van der Waals surface area contributed by atoms with E-state index >= 15 is 0 Å². The third-order valence-electron chi connectivity index (χ3n) is 4.25. The van der Waals surface area contributed by atoms with Crippen LogP contribution in [0.3, 0.4) is 0 Å². The minimum absolute atomic E-state index is 0.0219. The van der Waals surface area contributed by atoms with Gasteiger partial charge in [-0.1, -0.05) is 19.9 Å². The van der Waals surface area contributed by atoms with Crippen molar-refractivity contribution in [1.29, 1.82) is 0 Å². The van der Waals surface area contributed by atoms with E-state index in [1.807, 2.05) is 29.6 Å². The largest absolute Gasteiger partial charge is 0.347 e. The lowest BCUT2D eigenvalue weighted by Gasteiger charge is -2.18. The van der Waals surface area contributed by atoms with Crippen LogP contribution >= 0.6 is 11.3 Å². The van der Waals surface area contributed by atoms with Gasteiger partial charge in [0, 0.05) is 22.7 Å². The molecule has 136 valence electrons. The Hall–Kier alpha value is -2.47. The zero-order valence-corrected chi connectivity index (χ0v) is 16.0. The van der Waals surface area contributed by atoms with Gasteiger partial charge in [0.25, 0.3) is 5.56 Å². The molecule has 1 unspecified atom stereocenters. The number of aromatic amines is 1. The number of aryl methyl sites for hydroxylation is 1. The molecule has 0 fully saturated rings. The quantitative estimate of drug-likeness (QED) is 0.695. The monoisotopic (exact) mass is 369 g/mol. The molecule has 0 spiro atoms. The molecule has 0 aliphatic carbocycles. The average Bonchev–Trinajstić information content (AvgIpc) is 3.09. The average molecular weight is 369 g/mol. The number of nitrogens with one attached hydrogen (secondary N) is 2. The number of carbonyl (C=O) groups excluding carboxylic acids is 1. The van der Waals surface area contributed by atoms with Crippen molar-refractivity contribution in [3.63, 3.8) is 0 Å². The molecular formula is C20H23N3O2S. The molecular weight excluding hydrogens is 346 g/mol. The van der Waals surface area contributed by atoms with E-state index in [4.69, 9.17) is 0 Å². The second kappa shape index (κ2) is 7.83. The molecule has 6 heteroatoms. The minimum Gasteiger partial charge on any atom is -0.347 e. The van der Waals surface area contributed by atoms with Crippen molar-refractivity contribution in [1.82, 2.24) is 15.3 Å². The molecule has 5 nitrogen and oxygen atoms in total. The van der Waals surface area contributed by atoms with E-state index in [2.05, 4.69) is 29.1 Å². The Bertz CT molecular complexity index is 961. The zero-order chi connectivity index (χ0) is 18.7. The highest BCUT2D eigenvalue weighted by atomic mass is 32.1. The van der Waals surface area contributed by atoms with Gasteiger partial charge in [-0.05, 0) is 48.4 Å². The van der Waals surface area contributed by atoms with Crippen LogP contribution in [0.25, 0.3) is 10.9 Å². The minimum atomic E-state index is -0.0806. The number of H-pyrrole nitrogens is 1. The number of aromatic nitrogens is 2. The van der Waals surface area contributed by atoms with E-state index < -0.39 is 0 Å². The van der Waals surface area contributed by atoms with Gasteiger partial charge in [-0.15, -0.1) is 11.3 Å². The second-order valence-corrected chi connectivity index (χ2v) is 7.93. The van der Waals surface area contributed by atoms with Gasteiger partial charge in [0.05, 0.1) is 12.5 Å². The van der Waals surface area contributed by atoms with Gasteiger partial charge in [-0.25, -0.2) is 4.98 Å². The van der Waals surface area contributed by atoms with Crippen LogP contribution in [0, 0.1) is 12.8 Å². The Kier molecular flexibility index (Phi) is 5.52. The number of benzene rings is 1. The van der Waals surface area contributed by atoms with Crippen LogP contribution in [0.4, 0.5) is 0 Å². The lowest BCUT2D eigenvalue weighted by molar-refractivity contribution is -0.121. The molecule has 0 radical (unpaired) electrons. The molecule has 0 aliphatic heterocycles. The van der Waals surface area contributed by atoms with Crippen LogP contribution in [0.5, 0.6) is 0 Å². The molecule has 2 aromatic heterocycles. The van der Waals surface area contributed by atoms with Gasteiger partial charge < -0.3 is 10.3 Å². The summed E-state index contributed by atoms with van der Waals surface area (Å²) in [5, 5.41) is 6.93. The number of rotatable bonds is 6. The smallest absolute Gasteiger partial charge is 0.251 e. The number of amides is 1. The van der Waals surface area contributed by atoms with Crippen LogP contribution in [0.1, 0.15) is 42.4 Å². The van der Waals surface area contributed by atoms with E-state index in [0.29, 0.717) is 17.9 Å². The molecule has 1 amide bonds. The summed E-state index contributed by atoms with van der Waals surface area (Å²) in [6.07, 6.45) is 2.93. The molecule has 2 heterocycles. The highest BCUT2D eigenvalue weighted by Gasteiger charge is 2.18. The van der Waals surface area contributed by atoms with E-state index in [0.717, 1.165) is 27.9 Å². The predicted octanol–water partition coefficient (Wildman–Crippen LogP) is 3.74. The summed E-state index contributed by atoms with van der Waals surface area (Å²) < 4.78 is 0. The molecule has 0 saturated carbocycles. The third-order valence-corrected chi connectivity index (χ3v) is 5.14. The van der Waals surface area contributed by atoms with Crippen molar-refractivity contribution in [3.8, 4) is 0 Å². The summed E-state index contributed by atoms with van der Waals surface area (Å²) in [4.78, 5) is 31.5. The van der Waals surface area contributed by atoms with E-state index in [1.54, 1.807) is 24.5 Å². The summed E-state index contributed by atoms with van der Waals surface area (Å²) >= 11 is 1.57. The number of hydrogen-bond acceptors (Lipinski definition) is 4. The first-order chi connectivity index (χ1) is 12.4. The van der Waals surface area contributed by atoms with Crippen LogP contribution in [-0.4, -0.2) is 15.9 Å². The van der Waals surface area contributed by atoms with Crippen molar-refractivity contribution >= 4 is 28.1 Å². The van der Waals surface area contributed by atoms with Crippen molar-refractivity contribution in [2.24, 2.45) is 5.92 Å². The van der Waals surface area contributed by atoms with Gasteiger partial charge in [0.15, 0.2) is 0 Å². The SMILES string of the molecule is Cc1cc2cc(CC(=O)NC(CC(C)C)c3nccs3)ccc2[nH]c1=O. The predicted molar refractivity (Wildman–Crippen MR) is 105 cm³/mol. The fourth-order valence-corrected chi connectivity index (χ4v) is 3.71. The second-order valence-electron chi connectivity index (χ2n) is 7.00. The van der Waals surface area contributed by atoms with E-state index in [9.17, 15) is 9.59 Å². The molecule has 2 N–H and O–H groups in total. The van der Waals surface area contributed by atoms with Crippen molar-refractivity contribution < 1.29 is 4.79 Å². The summed E-state index contributed by atoms with van der Waals surface area (Å²) in [7, 11) is 0. The first kappa shape index (κ1) is 18.3. The molecule has 3 aromatic rings. The summed E-state index contributed by atoms with van der Waals surface area (Å²) in [6.45, 7) is 6.06. The van der Waals surface area contributed by atoms with E-state index in [-0.39, 0.29) is 17.5 Å². The Morgan fingerprint density at radius 1 is 1.31 bits per heavy atom. The maximum atomic E-state index is 12.6. The third kappa shape index (κ3) is 4.38. The van der Waals surface area contributed by atoms with Gasteiger partial charge in [-0.2, -0.15) is 0 Å². The fraction of sp³-hybridized carbons (Fsp3) is 0.350. The van der Waals surface area contributed by atoms with Gasteiger partial charge in [0.1, 0.15) is 5.01 Å². The van der Waals surface area contributed by atoms with E-state index in [1.165, 1.54) is 0 Å². The maximum Gasteiger partial charge on any atom is 0.251 e. The molecule has 26 heavy (non-hydrogen) atoms. The molecule has 1 aromatic carbocycles. The highest BCUT2D eigenvalue weighted by molar-refractivity contribution is 7.09. The van der Waals surface area contributed by atoms with Crippen LogP contribution < -0.4 is 10.9 Å². The Morgan fingerprint density at radius 2 is 2.12 bits per heavy atom. The Labute approximate surface area is 156 Å². The number of pyridine rings is 1. The van der Waals surface area contributed by atoms with Crippen molar-refractivity contribution in [2.45, 2.75) is 39.7 Å². The number of nitrogens with zero attached hydrogens (tertiary/aromatic N) is 1. The zero-order valence-electron chi connectivity index (χ0n) is 15.2. The van der Waals surface area contributed by atoms with Crippen LogP contribution in [0.2, 0.25) is 0 Å². The summed E-state index contributed by atoms with van der Waals surface area (Å²) in [5.74, 6) is 0.441. The number of hydrogen-bond donors (Lipinski definition) is 2. The number of carbonyl (C=O) groups is 1. The lowest BCUT2D eigenvalue weighted by atomic mass is 10.0. The maximum absolute atomic E-state index is 12.6. The lowest BCUT2D eigenvalue weighted by Crippen LogP contribution is -2.30. The van der Waals surface area contributed by atoms with Gasteiger partial charge in [0.2, 0.25) is 5.91 Å². The summed E-state index contributed by atoms with van der Waals surface area (Å²) in [5.41, 5.74) is 2.29. The summed E-state index contributed by atoms with van der Waals surface area (Å²) in [6, 6.07) is 7.49. The first-order valence-corrected chi connectivity index (χ1v) is 9.61. The van der Waals surface area contributed by atoms with Gasteiger partial charge in [-0.3, -0.25) is 9.59 Å². The first-order valence-electron chi connectivity index (χ1n) is 8.73. The fourth-order valence-electron chi connectivity index (χ4n) is 3.01. The van der Waals surface area contributed by atoms with Crippen LogP contribution in [0.15, 0.2) is 40.6 Å². The van der Waals surface area contributed by atoms with Crippen molar-refractivity contribution in [2.75, 3.05) is 0 Å². The topological polar surface area (TPSA) is 74.8 Å². The Balaban J connectivity index is 1.75. The molecule has 3 rings (SSSR count). The Morgan fingerprint density at radius 3 is 2.81 bits per heavy atom. The highest BCUT2D eigenvalue weighted by Crippen LogP contribution is 2.23. The normalized spacial score (nSPS) is 12.5. The molecule has 0 aliphatic rings. The number of fused-ring (bicyclic) bond motifs is 1. The van der Waals surface area contributed by atoms with Crippen LogP contribution in [-0.2, 0) is 11.2 Å². The number of thiazole rings is 1. The molecule has 0 saturated heterocycles. The molecule has 0 bridgehead atoms. The van der Waals surface area contributed by atoms with Gasteiger partial charge >= 0.3 is 0 Å². The standard InChI is InChI=1S/C20H23N3O2S/c1-12(2)8-17(20-21-6-7-26-20)22-18(24)11-14-4-5-16-15(10-14)9-13(3)19(25)23-16/h4-7,9-10,12,17H,8,11H2,1-3H3,(H,22,24)(H,23,25). The van der Waals surface area contributed by atoms with Crippen molar-refractivity contribution in [3.05, 3.63) is 62.3 Å².